The Morgan fingerprint density at radius 1 is 1.26 bits per heavy atom. The standard InChI is InChI=1S/C15H12ClNOS/c16-12-9-17-6-5-10(12)7-13(18)15-8-11-3-1-2-4-14(11)19-15/h1-6,8-9,13,18H,7H2. The number of hydrogen-bond acceptors (Lipinski definition) is 3. The van der Waals surface area contributed by atoms with Crippen LogP contribution in [0.3, 0.4) is 0 Å². The van der Waals surface area contributed by atoms with Crippen molar-refractivity contribution in [3.8, 4) is 0 Å². The Bertz CT molecular complexity index is 677. The lowest BCUT2D eigenvalue weighted by Crippen LogP contribution is -2.00. The van der Waals surface area contributed by atoms with Crippen LogP contribution in [0.5, 0.6) is 0 Å². The number of fused-ring (bicyclic) bond motifs is 1. The molecule has 0 saturated carbocycles. The number of thiophene rings is 1. The molecule has 1 aromatic carbocycles. The molecule has 3 aromatic rings. The maximum Gasteiger partial charge on any atom is 0.0923 e. The van der Waals surface area contributed by atoms with Gasteiger partial charge in [-0.1, -0.05) is 29.8 Å². The first-order valence-corrected chi connectivity index (χ1v) is 7.18. The second-order valence-corrected chi connectivity index (χ2v) is 5.90. The largest absolute Gasteiger partial charge is 0.387 e. The van der Waals surface area contributed by atoms with Gasteiger partial charge in [-0.25, -0.2) is 0 Å². The van der Waals surface area contributed by atoms with E-state index in [1.54, 1.807) is 23.7 Å². The van der Waals surface area contributed by atoms with Crippen LogP contribution in [0.15, 0.2) is 48.8 Å². The summed E-state index contributed by atoms with van der Waals surface area (Å²) in [5.41, 5.74) is 0.918. The number of aliphatic hydroxyl groups is 1. The van der Waals surface area contributed by atoms with Gasteiger partial charge in [0.25, 0.3) is 0 Å². The Labute approximate surface area is 120 Å². The first-order chi connectivity index (χ1) is 9.24. The summed E-state index contributed by atoms with van der Waals surface area (Å²) in [7, 11) is 0. The lowest BCUT2D eigenvalue weighted by atomic mass is 10.1. The number of aromatic nitrogens is 1. The zero-order valence-electron chi connectivity index (χ0n) is 10.1. The van der Waals surface area contributed by atoms with Crippen LogP contribution in [0, 0.1) is 0 Å². The second kappa shape index (κ2) is 5.29. The number of benzene rings is 1. The highest BCUT2D eigenvalue weighted by atomic mass is 35.5. The van der Waals surface area contributed by atoms with E-state index in [1.807, 2.05) is 24.3 Å². The topological polar surface area (TPSA) is 33.1 Å². The first-order valence-electron chi connectivity index (χ1n) is 5.99. The second-order valence-electron chi connectivity index (χ2n) is 4.37. The highest BCUT2D eigenvalue weighted by Gasteiger charge is 2.13. The molecular weight excluding hydrogens is 278 g/mol. The van der Waals surface area contributed by atoms with Gasteiger partial charge in [0.2, 0.25) is 0 Å². The van der Waals surface area contributed by atoms with Crippen LogP contribution < -0.4 is 0 Å². The van der Waals surface area contributed by atoms with E-state index in [9.17, 15) is 5.11 Å². The minimum Gasteiger partial charge on any atom is -0.387 e. The molecule has 0 radical (unpaired) electrons. The van der Waals surface area contributed by atoms with Crippen molar-refractivity contribution >= 4 is 33.0 Å². The maximum atomic E-state index is 10.3. The summed E-state index contributed by atoms with van der Waals surface area (Å²) in [4.78, 5) is 4.92. The molecule has 0 amide bonds. The number of halogens is 1. The Hall–Kier alpha value is -1.42. The van der Waals surface area contributed by atoms with Gasteiger partial charge in [0.05, 0.1) is 11.1 Å². The predicted molar refractivity (Wildman–Crippen MR) is 79.7 cm³/mol. The minimum atomic E-state index is -0.530. The summed E-state index contributed by atoms with van der Waals surface area (Å²) in [6.07, 6.45) is 3.28. The third-order valence-electron chi connectivity index (χ3n) is 3.04. The number of pyridine rings is 1. The van der Waals surface area contributed by atoms with Crippen LogP contribution in [0.25, 0.3) is 10.1 Å². The first kappa shape index (κ1) is 12.6. The fourth-order valence-corrected chi connectivity index (χ4v) is 3.29. The monoisotopic (exact) mass is 289 g/mol. The van der Waals surface area contributed by atoms with Gasteiger partial charge < -0.3 is 5.11 Å². The normalized spacial score (nSPS) is 12.7. The molecule has 4 heteroatoms. The third-order valence-corrected chi connectivity index (χ3v) is 4.60. The molecule has 0 spiro atoms. The molecule has 0 aliphatic rings. The van der Waals surface area contributed by atoms with Gasteiger partial charge in [-0.2, -0.15) is 0 Å². The SMILES string of the molecule is OC(Cc1ccncc1Cl)c1cc2ccccc2s1. The van der Waals surface area contributed by atoms with Gasteiger partial charge in [-0.05, 0) is 29.1 Å². The average Bonchev–Trinajstić information content (AvgIpc) is 2.85. The number of nitrogens with zero attached hydrogens (tertiary/aromatic N) is 1. The lowest BCUT2D eigenvalue weighted by Gasteiger charge is -2.09. The Morgan fingerprint density at radius 2 is 2.11 bits per heavy atom. The van der Waals surface area contributed by atoms with Crippen molar-refractivity contribution in [3.05, 3.63) is 64.3 Å². The van der Waals surface area contributed by atoms with Crippen LogP contribution in [-0.2, 0) is 6.42 Å². The van der Waals surface area contributed by atoms with E-state index in [0.29, 0.717) is 11.4 Å². The Balaban J connectivity index is 1.87. The quantitative estimate of drug-likeness (QED) is 0.783. The summed E-state index contributed by atoms with van der Waals surface area (Å²) in [5, 5.41) is 12.1. The molecule has 19 heavy (non-hydrogen) atoms. The van der Waals surface area contributed by atoms with Crippen LogP contribution in [-0.4, -0.2) is 10.1 Å². The summed E-state index contributed by atoms with van der Waals surface area (Å²) in [5.74, 6) is 0. The molecule has 0 saturated heterocycles. The van der Waals surface area contributed by atoms with Gasteiger partial charge >= 0.3 is 0 Å². The molecule has 2 aromatic heterocycles. The third kappa shape index (κ3) is 2.63. The van der Waals surface area contributed by atoms with E-state index in [1.165, 1.54) is 10.1 Å². The van der Waals surface area contributed by atoms with Gasteiger partial charge in [-0.15, -0.1) is 11.3 Å². The fourth-order valence-electron chi connectivity index (χ4n) is 2.05. The Morgan fingerprint density at radius 3 is 2.89 bits per heavy atom. The smallest absolute Gasteiger partial charge is 0.0923 e. The number of hydrogen-bond donors (Lipinski definition) is 1. The summed E-state index contributed by atoms with van der Waals surface area (Å²) in [6.45, 7) is 0. The maximum absolute atomic E-state index is 10.3. The van der Waals surface area contributed by atoms with Gasteiger partial charge in [0, 0.05) is 28.4 Å². The fraction of sp³-hybridized carbons (Fsp3) is 0.133. The zero-order valence-corrected chi connectivity index (χ0v) is 11.7. The van der Waals surface area contributed by atoms with Crippen LogP contribution in [0.2, 0.25) is 5.02 Å². The molecule has 0 aliphatic carbocycles. The van der Waals surface area contributed by atoms with Crippen LogP contribution in [0.4, 0.5) is 0 Å². The van der Waals surface area contributed by atoms with Crippen molar-refractivity contribution in [2.75, 3.05) is 0 Å². The van der Waals surface area contributed by atoms with E-state index in [4.69, 9.17) is 11.6 Å². The molecular formula is C15H12ClNOS. The molecule has 96 valence electrons. The minimum absolute atomic E-state index is 0.508. The number of aliphatic hydroxyl groups excluding tert-OH is 1. The van der Waals surface area contributed by atoms with Gasteiger partial charge in [0.15, 0.2) is 0 Å². The van der Waals surface area contributed by atoms with Crippen molar-refractivity contribution in [2.24, 2.45) is 0 Å². The van der Waals surface area contributed by atoms with Gasteiger partial charge in [-0.3, -0.25) is 4.98 Å². The van der Waals surface area contributed by atoms with Crippen LogP contribution in [0.1, 0.15) is 16.5 Å². The van der Waals surface area contributed by atoms with Crippen molar-refractivity contribution in [1.29, 1.82) is 0 Å². The summed E-state index contributed by atoms with van der Waals surface area (Å²) < 4.78 is 1.19. The van der Waals surface area contributed by atoms with E-state index < -0.39 is 6.10 Å². The molecule has 1 N–H and O–H groups in total. The molecule has 2 nitrogen and oxygen atoms in total. The predicted octanol–water partition coefficient (Wildman–Crippen LogP) is 4.23. The lowest BCUT2D eigenvalue weighted by molar-refractivity contribution is 0.182. The molecule has 1 unspecified atom stereocenters. The average molecular weight is 290 g/mol. The highest BCUT2D eigenvalue weighted by Crippen LogP contribution is 2.32. The Kier molecular flexibility index (Phi) is 3.51. The molecule has 3 rings (SSSR count). The van der Waals surface area contributed by atoms with E-state index in [-0.39, 0.29) is 0 Å². The van der Waals surface area contributed by atoms with Crippen molar-refractivity contribution in [1.82, 2.24) is 4.98 Å². The van der Waals surface area contributed by atoms with Gasteiger partial charge in [0.1, 0.15) is 0 Å². The molecule has 0 fully saturated rings. The van der Waals surface area contributed by atoms with E-state index in [2.05, 4.69) is 17.1 Å². The van der Waals surface area contributed by atoms with Crippen molar-refractivity contribution in [3.63, 3.8) is 0 Å². The van der Waals surface area contributed by atoms with Crippen molar-refractivity contribution in [2.45, 2.75) is 12.5 Å². The number of rotatable bonds is 3. The van der Waals surface area contributed by atoms with E-state index in [0.717, 1.165) is 10.4 Å². The molecule has 2 heterocycles. The molecule has 0 bridgehead atoms. The van der Waals surface area contributed by atoms with Crippen molar-refractivity contribution < 1.29 is 5.11 Å². The zero-order chi connectivity index (χ0) is 13.2. The highest BCUT2D eigenvalue weighted by molar-refractivity contribution is 7.19. The van der Waals surface area contributed by atoms with E-state index >= 15 is 0 Å². The molecule has 0 aliphatic heterocycles. The molecule has 1 atom stereocenters. The summed E-state index contributed by atoms with van der Waals surface area (Å²) in [6, 6.07) is 12.0. The van der Waals surface area contributed by atoms with Crippen LogP contribution >= 0.6 is 22.9 Å². The summed E-state index contributed by atoms with van der Waals surface area (Å²) >= 11 is 7.69.